The van der Waals surface area contributed by atoms with E-state index in [1.54, 1.807) is 0 Å². The standard InChI is InChI=1S/C9H6Cl2F7N/c10-4-1-3(2-5(11)6(4)19)7(12,8(13,14)15)9(16,17)18/h1,3H,2,19H2. The Labute approximate surface area is 112 Å². The largest absolute Gasteiger partial charge is 0.432 e. The number of alkyl halides is 7. The molecule has 0 aromatic rings. The number of allylic oxidation sites excluding steroid dienone is 3. The molecular weight excluding hydrogens is 326 g/mol. The molecule has 19 heavy (non-hydrogen) atoms. The predicted octanol–water partition coefficient (Wildman–Crippen LogP) is 4.37. The van der Waals surface area contributed by atoms with Crippen LogP contribution in [0.4, 0.5) is 30.7 Å². The van der Waals surface area contributed by atoms with Crippen molar-refractivity contribution in [3.8, 4) is 0 Å². The van der Waals surface area contributed by atoms with Crippen molar-refractivity contribution >= 4 is 23.2 Å². The van der Waals surface area contributed by atoms with Gasteiger partial charge in [-0.25, -0.2) is 4.39 Å². The Balaban J connectivity index is 3.33. The highest BCUT2D eigenvalue weighted by molar-refractivity contribution is 6.35. The van der Waals surface area contributed by atoms with Crippen LogP contribution < -0.4 is 5.73 Å². The van der Waals surface area contributed by atoms with Crippen LogP contribution in [0.25, 0.3) is 0 Å². The molecule has 0 heterocycles. The monoisotopic (exact) mass is 331 g/mol. The van der Waals surface area contributed by atoms with E-state index >= 15 is 0 Å². The summed E-state index contributed by atoms with van der Waals surface area (Å²) in [5.41, 5.74) is -0.605. The normalized spacial score (nSPS) is 22.6. The van der Waals surface area contributed by atoms with Crippen molar-refractivity contribution in [2.45, 2.75) is 24.4 Å². The van der Waals surface area contributed by atoms with Crippen LogP contribution in [0, 0.1) is 5.92 Å². The number of rotatable bonds is 1. The summed E-state index contributed by atoms with van der Waals surface area (Å²) in [6, 6.07) is 0. The summed E-state index contributed by atoms with van der Waals surface area (Å²) in [4.78, 5) is 0. The van der Waals surface area contributed by atoms with Crippen LogP contribution in [0.5, 0.6) is 0 Å². The van der Waals surface area contributed by atoms with Crippen LogP contribution in [0.3, 0.4) is 0 Å². The summed E-state index contributed by atoms with van der Waals surface area (Å²) >= 11 is 10.7. The minimum atomic E-state index is -6.16. The van der Waals surface area contributed by atoms with Gasteiger partial charge in [-0.15, -0.1) is 0 Å². The lowest BCUT2D eigenvalue weighted by Crippen LogP contribution is -2.58. The van der Waals surface area contributed by atoms with Crippen LogP contribution in [0.15, 0.2) is 21.8 Å². The van der Waals surface area contributed by atoms with Gasteiger partial charge in [0.2, 0.25) is 0 Å². The van der Waals surface area contributed by atoms with E-state index in [1.165, 1.54) is 0 Å². The fourth-order valence-electron chi connectivity index (χ4n) is 1.59. The Morgan fingerprint density at radius 3 is 1.74 bits per heavy atom. The molecular formula is C9H6Cl2F7N. The van der Waals surface area contributed by atoms with Crippen LogP contribution in [-0.2, 0) is 0 Å². The smallest absolute Gasteiger partial charge is 0.397 e. The number of hydrogen-bond donors (Lipinski definition) is 1. The Bertz CT molecular complexity index is 421. The second-order valence-corrected chi connectivity index (χ2v) is 4.71. The Morgan fingerprint density at radius 1 is 1.00 bits per heavy atom. The molecule has 1 nitrogen and oxygen atoms in total. The van der Waals surface area contributed by atoms with Crippen molar-refractivity contribution in [2.24, 2.45) is 11.7 Å². The maximum absolute atomic E-state index is 13.7. The molecule has 1 atom stereocenters. The maximum Gasteiger partial charge on any atom is 0.432 e. The lowest BCUT2D eigenvalue weighted by atomic mass is 9.82. The van der Waals surface area contributed by atoms with Gasteiger partial charge in [-0.2, -0.15) is 26.3 Å². The zero-order valence-electron chi connectivity index (χ0n) is 8.84. The SMILES string of the molecule is NC1=C(Cl)CC(C(F)(C(F)(F)F)C(F)(F)F)C=C1Cl. The van der Waals surface area contributed by atoms with Gasteiger partial charge in [0.05, 0.1) is 10.7 Å². The van der Waals surface area contributed by atoms with Gasteiger partial charge in [0.15, 0.2) is 0 Å². The summed E-state index contributed by atoms with van der Waals surface area (Å²) in [6.07, 6.45) is -13.1. The molecule has 0 bridgehead atoms. The Hall–Kier alpha value is -0.630. The van der Waals surface area contributed by atoms with E-state index < -0.39 is 40.4 Å². The molecule has 1 rings (SSSR count). The second-order valence-electron chi connectivity index (χ2n) is 3.85. The molecule has 0 spiro atoms. The van der Waals surface area contributed by atoms with Crippen molar-refractivity contribution in [1.29, 1.82) is 0 Å². The van der Waals surface area contributed by atoms with Crippen molar-refractivity contribution in [1.82, 2.24) is 0 Å². The maximum atomic E-state index is 13.7. The summed E-state index contributed by atoms with van der Waals surface area (Å²) in [6.45, 7) is 0. The molecule has 0 aromatic carbocycles. The molecule has 0 fully saturated rings. The van der Waals surface area contributed by atoms with Crippen LogP contribution in [-0.4, -0.2) is 18.0 Å². The van der Waals surface area contributed by atoms with E-state index in [0.717, 1.165) is 0 Å². The first-order chi connectivity index (χ1) is 8.32. The zero-order chi connectivity index (χ0) is 15.2. The highest BCUT2D eigenvalue weighted by atomic mass is 35.5. The highest BCUT2D eigenvalue weighted by Crippen LogP contribution is 2.54. The average molecular weight is 332 g/mol. The molecule has 0 aliphatic heterocycles. The minimum Gasteiger partial charge on any atom is -0.397 e. The fraction of sp³-hybridized carbons (Fsp3) is 0.556. The van der Waals surface area contributed by atoms with Gasteiger partial charge in [0.1, 0.15) is 0 Å². The van der Waals surface area contributed by atoms with E-state index in [9.17, 15) is 30.7 Å². The molecule has 10 heteroatoms. The molecule has 0 radical (unpaired) electrons. The van der Waals surface area contributed by atoms with Crippen molar-refractivity contribution in [2.75, 3.05) is 0 Å². The third-order valence-electron chi connectivity index (χ3n) is 2.63. The van der Waals surface area contributed by atoms with Crippen molar-refractivity contribution in [3.63, 3.8) is 0 Å². The first-order valence-corrected chi connectivity index (χ1v) is 5.42. The Kier molecular flexibility index (Phi) is 4.09. The lowest BCUT2D eigenvalue weighted by Gasteiger charge is -2.36. The quantitative estimate of drug-likeness (QED) is 0.709. The number of nitrogens with two attached hydrogens (primary N) is 1. The predicted molar refractivity (Wildman–Crippen MR) is 55.1 cm³/mol. The van der Waals surface area contributed by atoms with Gasteiger partial charge in [-0.3, -0.25) is 0 Å². The zero-order valence-corrected chi connectivity index (χ0v) is 10.4. The van der Waals surface area contributed by atoms with Gasteiger partial charge in [0, 0.05) is 11.0 Å². The Morgan fingerprint density at radius 2 is 1.42 bits per heavy atom. The minimum absolute atomic E-state index is 0.281. The third-order valence-corrected chi connectivity index (χ3v) is 3.32. The molecule has 110 valence electrons. The van der Waals surface area contributed by atoms with Gasteiger partial charge in [0.25, 0.3) is 0 Å². The first kappa shape index (κ1) is 16.4. The van der Waals surface area contributed by atoms with Gasteiger partial charge in [-0.1, -0.05) is 29.3 Å². The molecule has 0 saturated heterocycles. The molecule has 0 amide bonds. The molecule has 0 aromatic heterocycles. The second kappa shape index (κ2) is 4.73. The van der Waals surface area contributed by atoms with E-state index in [0.29, 0.717) is 0 Å². The van der Waals surface area contributed by atoms with Gasteiger partial charge >= 0.3 is 18.0 Å². The van der Waals surface area contributed by atoms with Gasteiger partial charge in [-0.05, 0) is 6.42 Å². The molecule has 1 aliphatic carbocycles. The lowest BCUT2D eigenvalue weighted by molar-refractivity contribution is -0.353. The van der Waals surface area contributed by atoms with Gasteiger partial charge < -0.3 is 5.73 Å². The number of hydrogen-bond acceptors (Lipinski definition) is 1. The summed E-state index contributed by atoms with van der Waals surface area (Å²) in [7, 11) is 0. The van der Waals surface area contributed by atoms with E-state index in [1.807, 2.05) is 0 Å². The summed E-state index contributed by atoms with van der Waals surface area (Å²) in [5, 5.41) is -1.19. The third kappa shape index (κ3) is 2.65. The fourth-order valence-corrected chi connectivity index (χ4v) is 2.18. The van der Waals surface area contributed by atoms with E-state index in [-0.39, 0.29) is 11.8 Å². The highest BCUT2D eigenvalue weighted by Gasteiger charge is 2.75. The molecule has 1 aliphatic rings. The molecule has 1 unspecified atom stereocenters. The summed E-state index contributed by atoms with van der Waals surface area (Å²) < 4.78 is 88.6. The van der Waals surface area contributed by atoms with Crippen LogP contribution >= 0.6 is 23.2 Å². The van der Waals surface area contributed by atoms with Crippen molar-refractivity contribution < 1.29 is 30.7 Å². The van der Waals surface area contributed by atoms with E-state index in [4.69, 9.17) is 28.9 Å². The topological polar surface area (TPSA) is 26.0 Å². The first-order valence-electron chi connectivity index (χ1n) is 4.66. The molecule has 0 saturated carbocycles. The number of halogens is 9. The van der Waals surface area contributed by atoms with E-state index in [2.05, 4.69) is 0 Å². The molecule has 2 N–H and O–H groups in total. The summed E-state index contributed by atoms with van der Waals surface area (Å²) in [5.74, 6) is -2.63. The average Bonchev–Trinajstić information content (AvgIpc) is 2.20. The van der Waals surface area contributed by atoms with Crippen molar-refractivity contribution in [3.05, 3.63) is 21.8 Å². The van der Waals surface area contributed by atoms with Crippen LogP contribution in [0.1, 0.15) is 6.42 Å². The van der Waals surface area contributed by atoms with Crippen LogP contribution in [0.2, 0.25) is 0 Å².